The van der Waals surface area contributed by atoms with E-state index in [-0.39, 0.29) is 35.1 Å². The fourth-order valence-corrected chi connectivity index (χ4v) is 4.62. The minimum absolute atomic E-state index is 0.00150. The Kier molecular flexibility index (Phi) is 5.83. The summed E-state index contributed by atoms with van der Waals surface area (Å²) >= 11 is 3.47. The van der Waals surface area contributed by atoms with Gasteiger partial charge in [0.25, 0.3) is 0 Å². The van der Waals surface area contributed by atoms with Gasteiger partial charge in [-0.1, -0.05) is 48.0 Å². The van der Waals surface area contributed by atoms with Gasteiger partial charge in [0, 0.05) is 34.0 Å². The molecule has 2 N–H and O–H groups in total. The van der Waals surface area contributed by atoms with E-state index < -0.39 is 5.92 Å². The Morgan fingerprint density at radius 1 is 1.28 bits per heavy atom. The number of nitriles is 1. The van der Waals surface area contributed by atoms with Gasteiger partial charge in [0.05, 0.1) is 5.92 Å². The predicted molar refractivity (Wildman–Crippen MR) is 121 cm³/mol. The number of carbonyl (C=O) groups is 1. The van der Waals surface area contributed by atoms with Crippen LogP contribution >= 0.6 is 15.9 Å². The number of ether oxygens (including phenoxy) is 2. The molecular formula is C25H22BrFN2O3. The van der Waals surface area contributed by atoms with Crippen LogP contribution in [0.1, 0.15) is 43.7 Å². The quantitative estimate of drug-likeness (QED) is 0.593. The van der Waals surface area contributed by atoms with E-state index in [1.807, 2.05) is 13.8 Å². The smallest absolute Gasteiger partial charge is 0.205 e. The minimum Gasteiger partial charge on any atom is -0.488 e. The molecule has 5 nitrogen and oxygen atoms in total. The van der Waals surface area contributed by atoms with Crippen molar-refractivity contribution in [2.75, 3.05) is 0 Å². The third-order valence-electron chi connectivity index (χ3n) is 5.70. The molecule has 0 spiro atoms. The van der Waals surface area contributed by atoms with Gasteiger partial charge in [-0.15, -0.1) is 0 Å². The SMILES string of the molecule is CC1(C)CC(=O)C2=C(C1)OC(N)=C(C#N)[C@H]2c1cc(Br)ccc1OCc1ccccc1F. The van der Waals surface area contributed by atoms with Crippen molar-refractivity contribution in [3.63, 3.8) is 0 Å². The average Bonchev–Trinajstić information content (AvgIpc) is 2.72. The van der Waals surface area contributed by atoms with Crippen molar-refractivity contribution in [3.8, 4) is 11.8 Å². The van der Waals surface area contributed by atoms with Gasteiger partial charge in [-0.25, -0.2) is 4.39 Å². The molecule has 4 rings (SSSR count). The zero-order valence-electron chi connectivity index (χ0n) is 17.7. The van der Waals surface area contributed by atoms with Crippen LogP contribution in [0.3, 0.4) is 0 Å². The number of halogens is 2. The van der Waals surface area contributed by atoms with Gasteiger partial charge in [-0.3, -0.25) is 4.79 Å². The summed E-state index contributed by atoms with van der Waals surface area (Å²) in [5, 5.41) is 9.87. The summed E-state index contributed by atoms with van der Waals surface area (Å²) in [4.78, 5) is 13.2. The number of hydrogen-bond donors (Lipinski definition) is 1. The highest BCUT2D eigenvalue weighted by atomic mass is 79.9. The molecule has 0 amide bonds. The molecule has 32 heavy (non-hydrogen) atoms. The summed E-state index contributed by atoms with van der Waals surface area (Å²) in [7, 11) is 0. The number of hydrogen-bond acceptors (Lipinski definition) is 5. The largest absolute Gasteiger partial charge is 0.488 e. The summed E-state index contributed by atoms with van der Waals surface area (Å²) in [6.07, 6.45) is 0.868. The van der Waals surface area contributed by atoms with Crippen LogP contribution in [0.25, 0.3) is 0 Å². The van der Waals surface area contributed by atoms with Crippen molar-refractivity contribution in [2.24, 2.45) is 11.1 Å². The second-order valence-corrected chi connectivity index (χ2v) is 9.68. The van der Waals surface area contributed by atoms with E-state index in [4.69, 9.17) is 15.2 Å². The number of carbonyl (C=O) groups excluding carboxylic acids is 1. The molecule has 2 aliphatic rings. The Labute approximate surface area is 194 Å². The Morgan fingerprint density at radius 3 is 2.75 bits per heavy atom. The molecule has 7 heteroatoms. The highest BCUT2D eigenvalue weighted by molar-refractivity contribution is 9.10. The lowest BCUT2D eigenvalue weighted by atomic mass is 9.70. The van der Waals surface area contributed by atoms with Crippen LogP contribution in [0, 0.1) is 22.6 Å². The van der Waals surface area contributed by atoms with Crippen LogP contribution in [0.15, 0.2) is 69.7 Å². The molecule has 0 saturated carbocycles. The minimum atomic E-state index is -0.722. The van der Waals surface area contributed by atoms with E-state index in [2.05, 4.69) is 22.0 Å². The molecule has 2 aromatic rings. The summed E-state index contributed by atoms with van der Waals surface area (Å²) in [6.45, 7) is 3.99. The van der Waals surface area contributed by atoms with E-state index in [0.717, 1.165) is 4.47 Å². The second-order valence-electron chi connectivity index (χ2n) is 8.76. The number of Topliss-reactive ketones (excluding diaryl/α,β-unsaturated/α-hetero) is 1. The van der Waals surface area contributed by atoms with Gasteiger partial charge in [0.2, 0.25) is 5.88 Å². The number of benzene rings is 2. The lowest BCUT2D eigenvalue weighted by Gasteiger charge is -2.37. The molecular weight excluding hydrogens is 475 g/mol. The fourth-order valence-electron chi connectivity index (χ4n) is 4.24. The molecule has 0 radical (unpaired) electrons. The highest BCUT2D eigenvalue weighted by Gasteiger charge is 2.43. The van der Waals surface area contributed by atoms with Crippen molar-refractivity contribution >= 4 is 21.7 Å². The van der Waals surface area contributed by atoms with Gasteiger partial charge in [-0.2, -0.15) is 5.26 Å². The van der Waals surface area contributed by atoms with E-state index in [1.165, 1.54) is 6.07 Å². The van der Waals surface area contributed by atoms with Crippen LogP contribution in [-0.2, 0) is 16.1 Å². The number of nitrogens with two attached hydrogens (primary N) is 1. The highest BCUT2D eigenvalue weighted by Crippen LogP contribution is 2.49. The lowest BCUT2D eigenvalue weighted by Crippen LogP contribution is -2.33. The van der Waals surface area contributed by atoms with Crippen LogP contribution < -0.4 is 10.5 Å². The molecule has 1 atom stereocenters. The number of ketones is 1. The summed E-state index contributed by atoms with van der Waals surface area (Å²) in [5.41, 5.74) is 7.44. The summed E-state index contributed by atoms with van der Waals surface area (Å²) < 4.78 is 26.6. The Balaban J connectivity index is 1.81. The van der Waals surface area contributed by atoms with E-state index in [0.29, 0.717) is 41.1 Å². The monoisotopic (exact) mass is 496 g/mol. The van der Waals surface area contributed by atoms with Gasteiger partial charge in [0.15, 0.2) is 5.78 Å². The van der Waals surface area contributed by atoms with Crippen molar-refractivity contribution in [1.82, 2.24) is 0 Å². The van der Waals surface area contributed by atoms with Crippen molar-refractivity contribution in [2.45, 2.75) is 39.2 Å². The Bertz CT molecular complexity index is 1210. The third kappa shape index (κ3) is 4.15. The summed E-state index contributed by atoms with van der Waals surface area (Å²) in [6, 6.07) is 13.8. The maximum absolute atomic E-state index is 14.1. The fraction of sp³-hybridized carbons (Fsp3) is 0.280. The van der Waals surface area contributed by atoms with E-state index in [9.17, 15) is 14.4 Å². The zero-order valence-corrected chi connectivity index (χ0v) is 19.3. The van der Waals surface area contributed by atoms with Crippen LogP contribution in [0.5, 0.6) is 5.75 Å². The molecule has 1 heterocycles. The standard InChI is InChI=1S/C25H22BrFN2O3/c1-25(2)10-19(30)23-21(11-25)32-24(29)17(12-28)22(23)16-9-15(26)7-8-20(16)31-13-14-5-3-4-6-18(14)27/h3-9,22H,10-11,13,29H2,1-2H3/t22-/m1/s1. The molecule has 0 unspecified atom stereocenters. The lowest BCUT2D eigenvalue weighted by molar-refractivity contribution is -0.119. The van der Waals surface area contributed by atoms with E-state index in [1.54, 1.807) is 36.4 Å². The molecule has 1 aliphatic carbocycles. The number of rotatable bonds is 4. The van der Waals surface area contributed by atoms with Crippen molar-refractivity contribution in [3.05, 3.63) is 86.7 Å². The van der Waals surface area contributed by atoms with Crippen LogP contribution in [0.2, 0.25) is 0 Å². The molecule has 1 aliphatic heterocycles. The molecule has 0 fully saturated rings. The molecule has 2 aromatic carbocycles. The normalized spacial score (nSPS) is 19.8. The molecule has 164 valence electrons. The Hall–Kier alpha value is -3.11. The first-order valence-corrected chi connectivity index (χ1v) is 11.0. The van der Waals surface area contributed by atoms with Crippen molar-refractivity contribution in [1.29, 1.82) is 5.26 Å². The summed E-state index contributed by atoms with van der Waals surface area (Å²) in [5.74, 6) is -0.251. The second kappa shape index (κ2) is 8.44. The Morgan fingerprint density at radius 2 is 2.03 bits per heavy atom. The zero-order chi connectivity index (χ0) is 23.0. The first-order valence-electron chi connectivity index (χ1n) is 10.2. The molecule has 0 aromatic heterocycles. The van der Waals surface area contributed by atoms with E-state index >= 15 is 0 Å². The molecule has 0 bridgehead atoms. The topological polar surface area (TPSA) is 85.3 Å². The third-order valence-corrected chi connectivity index (χ3v) is 6.19. The van der Waals surface area contributed by atoms with Gasteiger partial charge in [-0.05, 0) is 29.7 Å². The van der Waals surface area contributed by atoms with Gasteiger partial charge < -0.3 is 15.2 Å². The van der Waals surface area contributed by atoms with Crippen LogP contribution in [-0.4, -0.2) is 5.78 Å². The number of nitrogens with zero attached hydrogens (tertiary/aromatic N) is 1. The maximum atomic E-state index is 14.1. The molecule has 0 saturated heterocycles. The first kappa shape index (κ1) is 22.1. The van der Waals surface area contributed by atoms with Crippen LogP contribution in [0.4, 0.5) is 4.39 Å². The number of allylic oxidation sites excluding steroid dienone is 3. The average molecular weight is 497 g/mol. The first-order chi connectivity index (χ1) is 15.2. The predicted octanol–water partition coefficient (Wildman–Crippen LogP) is 5.62. The maximum Gasteiger partial charge on any atom is 0.205 e. The van der Waals surface area contributed by atoms with Crippen molar-refractivity contribution < 1.29 is 18.7 Å². The van der Waals surface area contributed by atoms with Gasteiger partial charge >= 0.3 is 0 Å². The van der Waals surface area contributed by atoms with Gasteiger partial charge in [0.1, 0.15) is 35.6 Å².